The Hall–Kier alpha value is -2.41. The summed E-state index contributed by atoms with van der Waals surface area (Å²) in [6.07, 6.45) is -4.41. The van der Waals surface area contributed by atoms with E-state index in [2.05, 4.69) is 15.6 Å². The van der Waals surface area contributed by atoms with Crippen LogP contribution >= 0.6 is 0 Å². The summed E-state index contributed by atoms with van der Waals surface area (Å²) in [5.41, 5.74) is 7.23. The van der Waals surface area contributed by atoms with E-state index < -0.39 is 12.8 Å². The number of halogens is 3. The van der Waals surface area contributed by atoms with Crippen LogP contribution in [-0.2, 0) is 6.54 Å². The summed E-state index contributed by atoms with van der Waals surface area (Å²) in [6, 6.07) is 13.4. The molecule has 0 radical (unpaired) electrons. The molecule has 0 spiro atoms. The highest BCUT2D eigenvalue weighted by molar-refractivity contribution is 5.42. The normalized spacial score (nSPS) is 11.2. The largest absolute Gasteiger partial charge is 0.507 e. The van der Waals surface area contributed by atoms with Gasteiger partial charge in [-0.3, -0.25) is 0 Å². The van der Waals surface area contributed by atoms with Crippen LogP contribution in [-0.4, -0.2) is 17.9 Å². The van der Waals surface area contributed by atoms with Crippen molar-refractivity contribution in [3.05, 3.63) is 54.1 Å². The van der Waals surface area contributed by atoms with E-state index in [1.165, 1.54) is 12.1 Å². The highest BCUT2D eigenvalue weighted by Gasteiger charge is 2.28. The fourth-order valence-electron chi connectivity index (χ4n) is 1.71. The van der Waals surface area contributed by atoms with Crippen LogP contribution in [0.3, 0.4) is 0 Å². The van der Waals surface area contributed by atoms with Gasteiger partial charge < -0.3 is 15.3 Å². The van der Waals surface area contributed by atoms with Crippen molar-refractivity contribution in [2.24, 2.45) is 0 Å². The van der Waals surface area contributed by atoms with Gasteiger partial charge in [-0.2, -0.15) is 13.2 Å². The molecular weight excluding hydrogens is 297 g/mol. The summed E-state index contributed by atoms with van der Waals surface area (Å²) in [5.74, 6) is -0.170. The number of nitrogens with one attached hydrogen (secondary N) is 2. The summed E-state index contributed by atoms with van der Waals surface area (Å²) in [4.78, 5) is 0. The van der Waals surface area contributed by atoms with E-state index in [1.807, 2.05) is 30.3 Å². The lowest BCUT2D eigenvalue weighted by molar-refractivity contribution is -0.153. The second kappa shape index (κ2) is 7.04. The fraction of sp³-hybridized carbons (Fsp3) is 0.200. The number of para-hydroxylation sites is 1. The number of anilines is 1. The zero-order chi connectivity index (χ0) is 16.0. The molecule has 0 unspecified atom stereocenters. The first kappa shape index (κ1) is 16.0. The van der Waals surface area contributed by atoms with Gasteiger partial charge in [-0.1, -0.05) is 24.3 Å². The Morgan fingerprint density at radius 1 is 1.05 bits per heavy atom. The Morgan fingerprint density at radius 2 is 1.77 bits per heavy atom. The number of hydrogen-bond donors (Lipinski definition) is 3. The van der Waals surface area contributed by atoms with Crippen molar-refractivity contribution in [1.82, 2.24) is 5.43 Å². The maximum atomic E-state index is 12.0. The zero-order valence-electron chi connectivity index (χ0n) is 11.5. The summed E-state index contributed by atoms with van der Waals surface area (Å²) >= 11 is 0. The van der Waals surface area contributed by atoms with Crippen molar-refractivity contribution in [2.75, 3.05) is 12.0 Å². The molecule has 2 aromatic carbocycles. The molecule has 2 rings (SSSR count). The van der Waals surface area contributed by atoms with Crippen LogP contribution in [0.25, 0.3) is 0 Å². The first-order chi connectivity index (χ1) is 10.4. The van der Waals surface area contributed by atoms with Gasteiger partial charge in [0, 0.05) is 23.9 Å². The smallest absolute Gasteiger partial charge is 0.422 e. The molecule has 22 heavy (non-hydrogen) atoms. The minimum absolute atomic E-state index is 0.0328. The minimum atomic E-state index is -4.41. The van der Waals surface area contributed by atoms with Gasteiger partial charge >= 0.3 is 6.18 Å². The summed E-state index contributed by atoms with van der Waals surface area (Å²) in [7, 11) is 0. The van der Waals surface area contributed by atoms with E-state index in [0.29, 0.717) is 12.1 Å². The Kier molecular flexibility index (Phi) is 5.11. The third kappa shape index (κ3) is 5.17. The molecule has 4 nitrogen and oxygen atoms in total. The first-order valence-electron chi connectivity index (χ1n) is 6.49. The SMILES string of the molecule is Oc1cc(OCC(F)(F)F)ccc1CNNc1ccccc1. The van der Waals surface area contributed by atoms with E-state index in [9.17, 15) is 18.3 Å². The van der Waals surface area contributed by atoms with Crippen LogP contribution < -0.4 is 15.6 Å². The quantitative estimate of drug-likeness (QED) is 0.715. The molecule has 0 aliphatic heterocycles. The van der Waals surface area contributed by atoms with Crippen molar-refractivity contribution in [3.63, 3.8) is 0 Å². The third-order valence-corrected chi connectivity index (χ3v) is 2.74. The average Bonchev–Trinajstić information content (AvgIpc) is 2.47. The number of alkyl halides is 3. The molecule has 0 aliphatic rings. The Labute approximate surface area is 125 Å². The number of aromatic hydroxyl groups is 1. The second-order valence-corrected chi connectivity index (χ2v) is 4.54. The average molecular weight is 312 g/mol. The van der Waals surface area contributed by atoms with Crippen molar-refractivity contribution >= 4 is 5.69 Å². The van der Waals surface area contributed by atoms with Crippen LogP contribution in [0.15, 0.2) is 48.5 Å². The molecule has 0 bridgehead atoms. The van der Waals surface area contributed by atoms with Crippen molar-refractivity contribution in [1.29, 1.82) is 0 Å². The van der Waals surface area contributed by atoms with E-state index in [1.54, 1.807) is 0 Å². The van der Waals surface area contributed by atoms with Gasteiger partial charge in [0.05, 0.1) is 0 Å². The molecule has 0 saturated carbocycles. The number of hydrogen-bond acceptors (Lipinski definition) is 4. The minimum Gasteiger partial charge on any atom is -0.507 e. The summed E-state index contributed by atoms with van der Waals surface area (Å²) in [5, 5.41) is 9.79. The van der Waals surface area contributed by atoms with E-state index >= 15 is 0 Å². The molecule has 0 heterocycles. The van der Waals surface area contributed by atoms with E-state index in [4.69, 9.17) is 0 Å². The predicted molar refractivity (Wildman–Crippen MR) is 76.6 cm³/mol. The van der Waals surface area contributed by atoms with Gasteiger partial charge in [-0.05, 0) is 18.2 Å². The predicted octanol–water partition coefficient (Wildman–Crippen LogP) is 3.45. The zero-order valence-corrected chi connectivity index (χ0v) is 11.5. The van der Waals surface area contributed by atoms with Gasteiger partial charge in [0.2, 0.25) is 0 Å². The third-order valence-electron chi connectivity index (χ3n) is 2.74. The molecule has 0 saturated heterocycles. The lowest BCUT2D eigenvalue weighted by Crippen LogP contribution is -2.21. The monoisotopic (exact) mass is 312 g/mol. The van der Waals surface area contributed by atoms with Crippen LogP contribution in [0, 0.1) is 0 Å². The number of ether oxygens (including phenoxy) is 1. The molecule has 0 aromatic heterocycles. The Bertz CT molecular complexity index is 603. The van der Waals surface area contributed by atoms with Crippen molar-refractivity contribution in [3.8, 4) is 11.5 Å². The molecule has 118 valence electrons. The highest BCUT2D eigenvalue weighted by atomic mass is 19.4. The van der Waals surface area contributed by atoms with Crippen molar-refractivity contribution in [2.45, 2.75) is 12.7 Å². The molecule has 0 fully saturated rings. The molecule has 0 aliphatic carbocycles. The molecular formula is C15H15F3N2O2. The van der Waals surface area contributed by atoms with E-state index in [0.717, 1.165) is 11.8 Å². The summed E-state index contributed by atoms with van der Waals surface area (Å²) in [6.45, 7) is -1.10. The number of rotatable bonds is 6. The van der Waals surface area contributed by atoms with Gasteiger partial charge in [-0.15, -0.1) is 0 Å². The topological polar surface area (TPSA) is 53.5 Å². The second-order valence-electron chi connectivity index (χ2n) is 4.54. The lowest BCUT2D eigenvalue weighted by atomic mass is 10.2. The highest BCUT2D eigenvalue weighted by Crippen LogP contribution is 2.25. The van der Waals surface area contributed by atoms with Crippen LogP contribution in [0.5, 0.6) is 11.5 Å². The Balaban J connectivity index is 1.87. The number of hydrazine groups is 1. The number of phenolic OH excluding ortho intramolecular Hbond substituents is 1. The summed E-state index contributed by atoms with van der Waals surface area (Å²) < 4.78 is 40.7. The molecule has 0 amide bonds. The number of benzene rings is 2. The van der Waals surface area contributed by atoms with Crippen molar-refractivity contribution < 1.29 is 23.0 Å². The van der Waals surface area contributed by atoms with E-state index in [-0.39, 0.29) is 11.5 Å². The van der Waals surface area contributed by atoms with Crippen LogP contribution in [0.1, 0.15) is 5.56 Å². The molecule has 0 atom stereocenters. The standard InChI is InChI=1S/C15H15F3N2O2/c16-15(17,18)10-22-13-7-6-11(14(21)8-13)9-19-20-12-4-2-1-3-5-12/h1-8,19-21H,9-10H2. The van der Waals surface area contributed by atoms with Crippen LogP contribution in [0.4, 0.5) is 18.9 Å². The number of phenols is 1. The Morgan fingerprint density at radius 3 is 2.41 bits per heavy atom. The first-order valence-corrected chi connectivity index (χ1v) is 6.49. The molecule has 3 N–H and O–H groups in total. The molecule has 7 heteroatoms. The van der Waals surface area contributed by atoms with Crippen LogP contribution in [0.2, 0.25) is 0 Å². The lowest BCUT2D eigenvalue weighted by Gasteiger charge is -2.12. The molecule has 2 aromatic rings. The van der Waals surface area contributed by atoms with Gasteiger partial charge in [0.1, 0.15) is 11.5 Å². The van der Waals surface area contributed by atoms with Gasteiger partial charge in [-0.25, -0.2) is 5.43 Å². The maximum absolute atomic E-state index is 12.0. The van der Waals surface area contributed by atoms with Gasteiger partial charge in [0.15, 0.2) is 6.61 Å². The maximum Gasteiger partial charge on any atom is 0.422 e. The van der Waals surface area contributed by atoms with Gasteiger partial charge in [0.25, 0.3) is 0 Å². The fourth-order valence-corrected chi connectivity index (χ4v) is 1.71.